The first-order chi connectivity index (χ1) is 10.3. The highest BCUT2D eigenvalue weighted by molar-refractivity contribution is 7.10. The zero-order valence-corrected chi connectivity index (χ0v) is 15.2. The van der Waals surface area contributed by atoms with Gasteiger partial charge in [0.05, 0.1) is 0 Å². The van der Waals surface area contributed by atoms with E-state index in [0.717, 1.165) is 0 Å². The zero-order valence-electron chi connectivity index (χ0n) is 14.4. The maximum atomic E-state index is 3.99. The average Bonchev–Trinajstić information content (AvgIpc) is 3.01. The third kappa shape index (κ3) is 8.01. The van der Waals surface area contributed by atoms with Crippen LogP contribution >= 0.6 is 11.3 Å². The lowest BCUT2D eigenvalue weighted by atomic mass is 9.99. The minimum atomic E-state index is 0.572. The largest absolute Gasteiger partial charge is 0.306 e. The molecule has 122 valence electrons. The summed E-state index contributed by atoms with van der Waals surface area (Å²) in [5.41, 5.74) is 0. The molecule has 1 rings (SSSR count). The van der Waals surface area contributed by atoms with E-state index in [1.165, 1.54) is 69.1 Å². The molecular weight excluding hydrogens is 274 g/mol. The molecule has 0 amide bonds. The molecule has 1 heterocycles. The van der Waals surface area contributed by atoms with E-state index in [9.17, 15) is 0 Å². The fraction of sp³-hybridized carbons (Fsp3) is 0.789. The van der Waals surface area contributed by atoms with Gasteiger partial charge >= 0.3 is 0 Å². The van der Waals surface area contributed by atoms with Crippen LogP contribution in [-0.4, -0.2) is 6.04 Å². The molecule has 0 radical (unpaired) electrons. The standard InChI is InChI=1S/C19H35NS/c1-4-7-9-13-17(14-10-8-5-2)20-18(12-6-3)19-15-11-16-21-19/h11,15-18,20H,4-10,12-14H2,1-3H3. The molecule has 0 fully saturated rings. The number of hydrogen-bond donors (Lipinski definition) is 1. The Morgan fingerprint density at radius 3 is 2.05 bits per heavy atom. The van der Waals surface area contributed by atoms with Gasteiger partial charge in [-0.25, -0.2) is 0 Å². The summed E-state index contributed by atoms with van der Waals surface area (Å²) in [5.74, 6) is 0. The van der Waals surface area contributed by atoms with Crippen molar-refractivity contribution in [3.05, 3.63) is 22.4 Å². The Kier molecular flexibility index (Phi) is 10.9. The van der Waals surface area contributed by atoms with Crippen LogP contribution in [0.3, 0.4) is 0 Å². The highest BCUT2D eigenvalue weighted by Gasteiger charge is 2.16. The molecule has 0 saturated carbocycles. The van der Waals surface area contributed by atoms with Crippen molar-refractivity contribution in [2.24, 2.45) is 0 Å². The van der Waals surface area contributed by atoms with Gasteiger partial charge in [-0.05, 0) is 30.7 Å². The van der Waals surface area contributed by atoms with Gasteiger partial charge in [0.1, 0.15) is 0 Å². The molecule has 0 spiro atoms. The van der Waals surface area contributed by atoms with Crippen LogP contribution in [-0.2, 0) is 0 Å². The van der Waals surface area contributed by atoms with E-state index in [1.807, 2.05) is 11.3 Å². The van der Waals surface area contributed by atoms with Crippen LogP contribution in [0.1, 0.15) is 95.9 Å². The Bertz CT molecular complexity index is 310. The monoisotopic (exact) mass is 309 g/mol. The summed E-state index contributed by atoms with van der Waals surface area (Å²) in [5, 5.41) is 6.20. The molecule has 1 nitrogen and oxygen atoms in total. The van der Waals surface area contributed by atoms with Crippen LogP contribution < -0.4 is 5.32 Å². The Morgan fingerprint density at radius 1 is 0.905 bits per heavy atom. The summed E-state index contributed by atoms with van der Waals surface area (Å²) in [4.78, 5) is 1.52. The van der Waals surface area contributed by atoms with Crippen molar-refractivity contribution >= 4 is 11.3 Å². The van der Waals surface area contributed by atoms with Gasteiger partial charge in [-0.1, -0.05) is 71.8 Å². The van der Waals surface area contributed by atoms with Crippen LogP contribution in [0.5, 0.6) is 0 Å². The number of hydrogen-bond acceptors (Lipinski definition) is 2. The SMILES string of the molecule is CCCCCC(CCCCC)NC(CCC)c1cccs1. The van der Waals surface area contributed by atoms with Gasteiger partial charge in [0, 0.05) is 17.0 Å². The molecule has 0 bridgehead atoms. The van der Waals surface area contributed by atoms with Crippen molar-refractivity contribution in [1.29, 1.82) is 0 Å². The van der Waals surface area contributed by atoms with Gasteiger partial charge in [0.15, 0.2) is 0 Å². The lowest BCUT2D eigenvalue weighted by molar-refractivity contribution is 0.363. The summed E-state index contributed by atoms with van der Waals surface area (Å²) < 4.78 is 0. The molecule has 0 aromatic carbocycles. The maximum Gasteiger partial charge on any atom is 0.0416 e. The Hall–Kier alpha value is -0.340. The lowest BCUT2D eigenvalue weighted by Gasteiger charge is -2.25. The highest BCUT2D eigenvalue weighted by Crippen LogP contribution is 2.25. The highest BCUT2D eigenvalue weighted by atomic mass is 32.1. The van der Waals surface area contributed by atoms with E-state index in [-0.39, 0.29) is 0 Å². The Labute approximate surface area is 136 Å². The van der Waals surface area contributed by atoms with Gasteiger partial charge in [0.25, 0.3) is 0 Å². The molecule has 0 aliphatic rings. The van der Waals surface area contributed by atoms with Crippen molar-refractivity contribution < 1.29 is 0 Å². The van der Waals surface area contributed by atoms with Crippen molar-refractivity contribution in [3.63, 3.8) is 0 Å². The lowest BCUT2D eigenvalue weighted by Crippen LogP contribution is -2.32. The van der Waals surface area contributed by atoms with Crippen LogP contribution in [0.2, 0.25) is 0 Å². The summed E-state index contributed by atoms with van der Waals surface area (Å²) in [6.45, 7) is 6.89. The zero-order chi connectivity index (χ0) is 15.3. The summed E-state index contributed by atoms with van der Waals surface area (Å²) in [6.07, 6.45) is 13.4. The normalized spacial score (nSPS) is 13.0. The Balaban J connectivity index is 2.52. The summed E-state index contributed by atoms with van der Waals surface area (Å²) in [7, 11) is 0. The van der Waals surface area contributed by atoms with E-state index in [0.29, 0.717) is 12.1 Å². The van der Waals surface area contributed by atoms with Gasteiger partial charge in [-0.3, -0.25) is 0 Å². The van der Waals surface area contributed by atoms with E-state index in [1.54, 1.807) is 0 Å². The van der Waals surface area contributed by atoms with E-state index >= 15 is 0 Å². The van der Waals surface area contributed by atoms with Gasteiger partial charge < -0.3 is 5.32 Å². The van der Waals surface area contributed by atoms with E-state index < -0.39 is 0 Å². The minimum Gasteiger partial charge on any atom is -0.306 e. The summed E-state index contributed by atoms with van der Waals surface area (Å²) in [6, 6.07) is 5.77. The molecule has 0 aliphatic carbocycles. The predicted octanol–water partition coefficient (Wildman–Crippen LogP) is 6.71. The van der Waals surface area contributed by atoms with Crippen LogP contribution in [0.4, 0.5) is 0 Å². The van der Waals surface area contributed by atoms with E-state index in [4.69, 9.17) is 0 Å². The first-order valence-electron chi connectivity index (χ1n) is 9.11. The smallest absolute Gasteiger partial charge is 0.0416 e. The molecule has 21 heavy (non-hydrogen) atoms. The molecule has 1 atom stereocenters. The van der Waals surface area contributed by atoms with Crippen molar-refractivity contribution in [2.45, 2.75) is 97.1 Å². The van der Waals surface area contributed by atoms with Crippen molar-refractivity contribution in [3.8, 4) is 0 Å². The molecule has 1 unspecified atom stereocenters. The van der Waals surface area contributed by atoms with E-state index in [2.05, 4.69) is 43.6 Å². The second-order valence-electron chi connectivity index (χ2n) is 6.21. The molecular formula is C19H35NS. The fourth-order valence-corrected chi connectivity index (χ4v) is 3.78. The van der Waals surface area contributed by atoms with Gasteiger partial charge in [-0.2, -0.15) is 0 Å². The molecule has 1 aromatic heterocycles. The van der Waals surface area contributed by atoms with Crippen molar-refractivity contribution in [1.82, 2.24) is 5.32 Å². The number of unbranched alkanes of at least 4 members (excludes halogenated alkanes) is 4. The first-order valence-corrected chi connectivity index (χ1v) is 9.99. The fourth-order valence-electron chi connectivity index (χ4n) is 2.96. The third-order valence-electron chi connectivity index (χ3n) is 4.21. The molecule has 1 N–H and O–H groups in total. The van der Waals surface area contributed by atoms with Crippen LogP contribution in [0, 0.1) is 0 Å². The van der Waals surface area contributed by atoms with Crippen molar-refractivity contribution in [2.75, 3.05) is 0 Å². The maximum absolute atomic E-state index is 3.99. The predicted molar refractivity (Wildman–Crippen MR) is 97.2 cm³/mol. The second kappa shape index (κ2) is 12.2. The van der Waals surface area contributed by atoms with Gasteiger partial charge in [0.2, 0.25) is 0 Å². The molecule has 1 aromatic rings. The van der Waals surface area contributed by atoms with Crippen LogP contribution in [0.15, 0.2) is 17.5 Å². The average molecular weight is 310 g/mol. The minimum absolute atomic E-state index is 0.572. The second-order valence-corrected chi connectivity index (χ2v) is 7.19. The third-order valence-corrected chi connectivity index (χ3v) is 5.20. The summed E-state index contributed by atoms with van der Waals surface area (Å²) >= 11 is 1.91. The number of nitrogens with one attached hydrogen (secondary N) is 1. The molecule has 0 aliphatic heterocycles. The van der Waals surface area contributed by atoms with Gasteiger partial charge in [-0.15, -0.1) is 11.3 Å². The molecule has 2 heteroatoms. The van der Waals surface area contributed by atoms with Crippen LogP contribution in [0.25, 0.3) is 0 Å². The number of rotatable bonds is 13. The Morgan fingerprint density at radius 2 is 1.57 bits per heavy atom. The first kappa shape index (κ1) is 18.7. The number of thiophene rings is 1. The topological polar surface area (TPSA) is 12.0 Å². The quantitative estimate of drug-likeness (QED) is 0.399. The molecule has 0 saturated heterocycles.